The third kappa shape index (κ3) is 2.87. The average molecular weight is 301 g/mol. The van der Waals surface area contributed by atoms with Crippen molar-refractivity contribution in [1.29, 1.82) is 0 Å². The Balaban J connectivity index is 2.24. The fraction of sp³-hybridized carbons (Fsp3) is 0.400. The summed E-state index contributed by atoms with van der Waals surface area (Å²) in [5, 5.41) is 7.74. The molecule has 0 fully saturated rings. The van der Waals surface area contributed by atoms with E-state index in [0.29, 0.717) is 11.5 Å². The number of rotatable bonds is 4. The molecule has 0 aliphatic heterocycles. The molecule has 0 bridgehead atoms. The second-order valence-electron chi connectivity index (χ2n) is 4.27. The highest BCUT2D eigenvalue weighted by Crippen LogP contribution is 2.31. The number of nitrogens with zero attached hydrogens (tertiary/aromatic N) is 3. The Labute approximate surface area is 115 Å². The van der Waals surface area contributed by atoms with Gasteiger partial charge >= 0.3 is 0 Å². The number of nitrogens with two attached hydrogens (primary N) is 1. The van der Waals surface area contributed by atoms with Crippen LogP contribution in [0.25, 0.3) is 0 Å². The number of hydrogen-bond acceptors (Lipinski definition) is 7. The van der Waals surface area contributed by atoms with Crippen LogP contribution in [0, 0.1) is 6.92 Å². The minimum Gasteiger partial charge on any atom is -0.382 e. The van der Waals surface area contributed by atoms with Crippen molar-refractivity contribution >= 4 is 32.2 Å². The van der Waals surface area contributed by atoms with Gasteiger partial charge in [-0.25, -0.2) is 8.42 Å². The molecule has 0 saturated carbocycles. The van der Waals surface area contributed by atoms with Crippen molar-refractivity contribution in [3.8, 4) is 0 Å². The van der Waals surface area contributed by atoms with E-state index >= 15 is 0 Å². The summed E-state index contributed by atoms with van der Waals surface area (Å²) in [4.78, 5) is 0.0686. The van der Waals surface area contributed by atoms with Crippen molar-refractivity contribution in [2.45, 2.75) is 18.4 Å². The summed E-state index contributed by atoms with van der Waals surface area (Å²) >= 11 is 1.04. The van der Waals surface area contributed by atoms with Crippen LogP contribution in [0.15, 0.2) is 11.1 Å². The minimum atomic E-state index is -3.39. The maximum atomic E-state index is 11.6. The number of nitrogens with one attached hydrogen (secondary N) is 1. The smallest absolute Gasteiger partial charge is 0.182 e. The second-order valence-corrected chi connectivity index (χ2v) is 6.99. The van der Waals surface area contributed by atoms with E-state index in [0.717, 1.165) is 29.0 Å². The molecule has 0 radical (unpaired) electrons. The largest absolute Gasteiger partial charge is 0.382 e. The molecule has 104 valence electrons. The van der Waals surface area contributed by atoms with Gasteiger partial charge in [-0.05, 0) is 18.5 Å². The van der Waals surface area contributed by atoms with Gasteiger partial charge < -0.3 is 11.1 Å². The zero-order valence-electron chi connectivity index (χ0n) is 10.8. The van der Waals surface area contributed by atoms with Crippen molar-refractivity contribution in [3.05, 3.63) is 17.5 Å². The number of nitrogen functional groups attached to an aromatic ring is 1. The molecule has 0 aliphatic rings. The molecule has 0 saturated heterocycles. The number of aromatic nitrogens is 3. The standard InChI is InChI=1S/C10H15N5O2S2/c1-6-7(5-15(2)13-6)4-12-10-8(19(3,16)17)9(11)14-18-10/h5,12H,4H2,1-3H3,(H2,11,14). The van der Waals surface area contributed by atoms with Crippen LogP contribution in [-0.2, 0) is 23.4 Å². The van der Waals surface area contributed by atoms with Crippen molar-refractivity contribution < 1.29 is 8.42 Å². The molecule has 7 nitrogen and oxygen atoms in total. The van der Waals surface area contributed by atoms with Crippen LogP contribution in [-0.4, -0.2) is 28.8 Å². The fourth-order valence-corrected chi connectivity index (χ4v) is 3.83. The molecule has 0 amide bonds. The van der Waals surface area contributed by atoms with Gasteiger partial charge in [0.25, 0.3) is 0 Å². The van der Waals surface area contributed by atoms with Crippen LogP contribution in [0.5, 0.6) is 0 Å². The minimum absolute atomic E-state index is 0.0397. The van der Waals surface area contributed by atoms with E-state index in [1.54, 1.807) is 4.68 Å². The first-order valence-electron chi connectivity index (χ1n) is 5.47. The van der Waals surface area contributed by atoms with Gasteiger partial charge in [-0.1, -0.05) is 0 Å². The number of aryl methyl sites for hydroxylation is 2. The monoisotopic (exact) mass is 301 g/mol. The summed E-state index contributed by atoms with van der Waals surface area (Å²) in [6.07, 6.45) is 3.00. The fourth-order valence-electron chi connectivity index (χ4n) is 1.76. The van der Waals surface area contributed by atoms with Gasteiger partial charge in [0.2, 0.25) is 0 Å². The summed E-state index contributed by atoms with van der Waals surface area (Å²) in [7, 11) is -1.55. The van der Waals surface area contributed by atoms with E-state index in [1.165, 1.54) is 0 Å². The number of hydrogen-bond donors (Lipinski definition) is 2. The molecule has 2 aromatic rings. The van der Waals surface area contributed by atoms with Gasteiger partial charge in [-0.2, -0.15) is 9.47 Å². The van der Waals surface area contributed by atoms with Crippen molar-refractivity contribution in [2.24, 2.45) is 7.05 Å². The Morgan fingerprint density at radius 3 is 2.74 bits per heavy atom. The predicted molar refractivity (Wildman–Crippen MR) is 74.9 cm³/mol. The van der Waals surface area contributed by atoms with Crippen molar-refractivity contribution in [2.75, 3.05) is 17.3 Å². The van der Waals surface area contributed by atoms with Gasteiger partial charge in [0.1, 0.15) is 9.90 Å². The van der Waals surface area contributed by atoms with Gasteiger partial charge in [-0.3, -0.25) is 4.68 Å². The lowest BCUT2D eigenvalue weighted by molar-refractivity contribution is 0.602. The van der Waals surface area contributed by atoms with Crippen LogP contribution in [0.3, 0.4) is 0 Å². The van der Waals surface area contributed by atoms with E-state index in [-0.39, 0.29) is 10.7 Å². The van der Waals surface area contributed by atoms with Crippen LogP contribution in [0.2, 0.25) is 0 Å². The highest BCUT2D eigenvalue weighted by Gasteiger charge is 2.21. The van der Waals surface area contributed by atoms with Gasteiger partial charge in [0.05, 0.1) is 5.69 Å². The third-order valence-electron chi connectivity index (χ3n) is 2.60. The lowest BCUT2D eigenvalue weighted by Crippen LogP contribution is -2.06. The molecule has 0 spiro atoms. The third-order valence-corrected chi connectivity index (χ3v) is 4.70. The van der Waals surface area contributed by atoms with Crippen LogP contribution < -0.4 is 11.1 Å². The summed E-state index contributed by atoms with van der Waals surface area (Å²) in [5.74, 6) is 0.0397. The summed E-state index contributed by atoms with van der Waals surface area (Å²) < 4.78 is 28.9. The highest BCUT2D eigenvalue weighted by molar-refractivity contribution is 7.91. The van der Waals surface area contributed by atoms with Crippen LogP contribution in [0.4, 0.5) is 10.8 Å². The number of anilines is 2. The number of sulfone groups is 1. The van der Waals surface area contributed by atoms with Crippen LogP contribution in [0.1, 0.15) is 11.3 Å². The van der Waals surface area contributed by atoms with Crippen LogP contribution >= 0.6 is 11.5 Å². The Hall–Kier alpha value is -1.61. The molecule has 2 aromatic heterocycles. The Morgan fingerprint density at radius 2 is 2.21 bits per heavy atom. The summed E-state index contributed by atoms with van der Waals surface area (Å²) in [6, 6.07) is 0. The van der Waals surface area contributed by atoms with Crippen molar-refractivity contribution in [1.82, 2.24) is 14.2 Å². The van der Waals surface area contributed by atoms with Gasteiger partial charge in [0, 0.05) is 31.6 Å². The summed E-state index contributed by atoms with van der Waals surface area (Å²) in [6.45, 7) is 2.37. The molecular weight excluding hydrogens is 286 g/mol. The molecule has 2 heterocycles. The SMILES string of the molecule is Cc1nn(C)cc1CNc1snc(N)c1S(C)(=O)=O. The Kier molecular flexibility index (Phi) is 3.50. The second kappa shape index (κ2) is 4.82. The average Bonchev–Trinajstić information content (AvgIpc) is 2.78. The van der Waals surface area contributed by atoms with E-state index < -0.39 is 9.84 Å². The lowest BCUT2D eigenvalue weighted by Gasteiger charge is -2.04. The normalized spacial score (nSPS) is 11.7. The molecule has 0 atom stereocenters. The van der Waals surface area contributed by atoms with E-state index in [9.17, 15) is 8.42 Å². The molecule has 2 rings (SSSR count). The Morgan fingerprint density at radius 1 is 1.53 bits per heavy atom. The first kappa shape index (κ1) is 13.8. The van der Waals surface area contributed by atoms with E-state index in [4.69, 9.17) is 5.73 Å². The molecule has 19 heavy (non-hydrogen) atoms. The van der Waals surface area contributed by atoms with E-state index in [1.807, 2.05) is 20.2 Å². The molecular formula is C10H15N5O2S2. The summed E-state index contributed by atoms with van der Waals surface area (Å²) in [5.41, 5.74) is 7.49. The molecule has 0 aromatic carbocycles. The lowest BCUT2D eigenvalue weighted by atomic mass is 10.3. The van der Waals surface area contributed by atoms with Gasteiger partial charge in [-0.15, -0.1) is 0 Å². The molecule has 3 N–H and O–H groups in total. The molecule has 9 heteroatoms. The topological polar surface area (TPSA) is 103 Å². The molecule has 0 unspecified atom stereocenters. The zero-order valence-corrected chi connectivity index (χ0v) is 12.5. The van der Waals surface area contributed by atoms with E-state index in [2.05, 4.69) is 14.8 Å². The quantitative estimate of drug-likeness (QED) is 0.865. The highest BCUT2D eigenvalue weighted by atomic mass is 32.2. The van der Waals surface area contributed by atoms with Crippen molar-refractivity contribution in [3.63, 3.8) is 0 Å². The Bertz CT molecular complexity index is 702. The molecule has 0 aliphatic carbocycles. The predicted octanol–water partition coefficient (Wildman–Crippen LogP) is 0.783. The first-order chi connectivity index (χ1) is 8.79. The maximum absolute atomic E-state index is 11.6. The van der Waals surface area contributed by atoms with Gasteiger partial charge in [0.15, 0.2) is 15.7 Å². The maximum Gasteiger partial charge on any atom is 0.182 e. The zero-order chi connectivity index (χ0) is 14.2. The first-order valence-corrected chi connectivity index (χ1v) is 8.13.